The molecule has 3 rings (SSSR count). The van der Waals surface area contributed by atoms with Gasteiger partial charge in [0.25, 0.3) is 5.91 Å². The van der Waals surface area contributed by atoms with Crippen molar-refractivity contribution in [2.75, 3.05) is 31.5 Å². The topological polar surface area (TPSA) is 73.5 Å². The quantitative estimate of drug-likeness (QED) is 0.718. The summed E-state index contributed by atoms with van der Waals surface area (Å²) in [7, 11) is 0. The van der Waals surface area contributed by atoms with Gasteiger partial charge in [0, 0.05) is 36.9 Å². The molecular weight excluding hydrogens is 340 g/mol. The van der Waals surface area contributed by atoms with Crippen molar-refractivity contribution in [2.24, 2.45) is 5.92 Å². The maximum absolute atomic E-state index is 12.2. The third-order valence-corrected chi connectivity index (χ3v) is 5.70. The lowest BCUT2D eigenvalue weighted by Gasteiger charge is -2.31. The number of urea groups is 1. The molecule has 1 saturated carbocycles. The number of nitrogens with zero attached hydrogens (tertiary/aromatic N) is 1. The molecule has 1 aromatic rings. The first-order valence-electron chi connectivity index (χ1n) is 10.3. The Kier molecular flexibility index (Phi) is 7.10. The highest BCUT2D eigenvalue weighted by atomic mass is 16.2. The van der Waals surface area contributed by atoms with Gasteiger partial charge in [-0.05, 0) is 62.9 Å². The van der Waals surface area contributed by atoms with Crippen LogP contribution in [0, 0.1) is 5.92 Å². The van der Waals surface area contributed by atoms with Gasteiger partial charge in [0.05, 0.1) is 0 Å². The summed E-state index contributed by atoms with van der Waals surface area (Å²) in [5.41, 5.74) is 1.28. The fourth-order valence-corrected chi connectivity index (χ4v) is 4.19. The predicted molar refractivity (Wildman–Crippen MR) is 108 cm³/mol. The number of nitrogens with one attached hydrogen (secondary N) is 3. The van der Waals surface area contributed by atoms with Crippen LogP contribution in [0.15, 0.2) is 24.3 Å². The Morgan fingerprint density at radius 2 is 1.78 bits per heavy atom. The van der Waals surface area contributed by atoms with Crippen LogP contribution < -0.4 is 16.0 Å². The molecule has 0 spiro atoms. The first kappa shape index (κ1) is 19.7. The number of hydrogen-bond acceptors (Lipinski definition) is 3. The van der Waals surface area contributed by atoms with E-state index in [0.29, 0.717) is 30.3 Å². The van der Waals surface area contributed by atoms with Crippen LogP contribution in [0.25, 0.3) is 0 Å². The summed E-state index contributed by atoms with van der Waals surface area (Å²) in [4.78, 5) is 26.5. The monoisotopic (exact) mass is 372 g/mol. The molecule has 1 atom stereocenters. The van der Waals surface area contributed by atoms with E-state index in [0.717, 1.165) is 19.0 Å². The van der Waals surface area contributed by atoms with E-state index in [9.17, 15) is 9.59 Å². The molecule has 0 bridgehead atoms. The van der Waals surface area contributed by atoms with Crippen LogP contribution in [-0.2, 0) is 0 Å². The van der Waals surface area contributed by atoms with Gasteiger partial charge < -0.3 is 20.9 Å². The van der Waals surface area contributed by atoms with Crippen LogP contribution in [0.2, 0.25) is 0 Å². The van der Waals surface area contributed by atoms with Gasteiger partial charge in [-0.3, -0.25) is 4.79 Å². The van der Waals surface area contributed by atoms with Crippen molar-refractivity contribution in [3.8, 4) is 0 Å². The van der Waals surface area contributed by atoms with Crippen LogP contribution in [0.5, 0.6) is 0 Å². The predicted octanol–water partition coefficient (Wildman–Crippen LogP) is 3.21. The van der Waals surface area contributed by atoms with E-state index in [-0.39, 0.29) is 11.9 Å². The Morgan fingerprint density at radius 3 is 2.48 bits per heavy atom. The molecule has 2 aliphatic rings. The van der Waals surface area contributed by atoms with Crippen LogP contribution in [-0.4, -0.2) is 49.1 Å². The van der Waals surface area contributed by atoms with E-state index >= 15 is 0 Å². The molecule has 6 nitrogen and oxygen atoms in total. The lowest BCUT2D eigenvalue weighted by atomic mass is 9.94. The van der Waals surface area contributed by atoms with Crippen LogP contribution in [0.4, 0.5) is 10.5 Å². The average molecular weight is 373 g/mol. The van der Waals surface area contributed by atoms with Gasteiger partial charge in [0.2, 0.25) is 0 Å². The first-order valence-corrected chi connectivity index (χ1v) is 10.3. The highest BCUT2D eigenvalue weighted by molar-refractivity contribution is 5.95. The molecule has 6 heteroatoms. The van der Waals surface area contributed by atoms with Crippen molar-refractivity contribution < 1.29 is 9.59 Å². The molecular formula is C21H32N4O2. The van der Waals surface area contributed by atoms with Gasteiger partial charge in [-0.2, -0.15) is 0 Å². The minimum atomic E-state index is -0.183. The van der Waals surface area contributed by atoms with Crippen molar-refractivity contribution in [2.45, 2.75) is 51.5 Å². The Balaban J connectivity index is 1.39. The minimum absolute atomic E-state index is 0.0998. The molecule has 1 heterocycles. The van der Waals surface area contributed by atoms with E-state index in [4.69, 9.17) is 0 Å². The summed E-state index contributed by atoms with van der Waals surface area (Å²) in [6.07, 6.45) is 7.97. The number of amides is 3. The van der Waals surface area contributed by atoms with Crippen molar-refractivity contribution in [1.82, 2.24) is 15.5 Å². The number of rotatable bonds is 6. The molecule has 1 aliphatic heterocycles. The van der Waals surface area contributed by atoms with Crippen molar-refractivity contribution in [3.63, 3.8) is 0 Å². The maximum atomic E-state index is 12.2. The number of benzene rings is 1. The number of carbonyl (C=O) groups excluding carboxylic acids is 2. The molecule has 27 heavy (non-hydrogen) atoms. The smallest absolute Gasteiger partial charge is 0.319 e. The third-order valence-electron chi connectivity index (χ3n) is 5.70. The lowest BCUT2D eigenvalue weighted by Crippen LogP contribution is -2.37. The summed E-state index contributed by atoms with van der Waals surface area (Å²) in [6.45, 7) is 5.47. The Labute approximate surface area is 162 Å². The number of hydrogen-bond donors (Lipinski definition) is 3. The van der Waals surface area contributed by atoms with Crippen molar-refractivity contribution >= 4 is 17.6 Å². The van der Waals surface area contributed by atoms with Crippen molar-refractivity contribution in [1.29, 1.82) is 0 Å². The van der Waals surface area contributed by atoms with Crippen LogP contribution in [0.1, 0.15) is 55.8 Å². The molecule has 0 aromatic heterocycles. The van der Waals surface area contributed by atoms with E-state index in [1.54, 1.807) is 24.3 Å². The molecule has 1 saturated heterocycles. The van der Waals surface area contributed by atoms with Crippen molar-refractivity contribution in [3.05, 3.63) is 29.8 Å². The normalized spacial score (nSPS) is 21.0. The largest absolute Gasteiger partial charge is 0.352 e. The van der Waals surface area contributed by atoms with Gasteiger partial charge >= 0.3 is 6.03 Å². The van der Waals surface area contributed by atoms with Crippen LogP contribution in [0.3, 0.4) is 0 Å². The SMILES string of the molecule is CCNC(=O)c1ccc(NC(=O)NC[C@H]2CCN(C3CCCCC3)C2)cc1. The molecule has 0 unspecified atom stereocenters. The second kappa shape index (κ2) is 9.74. The van der Waals surface area contributed by atoms with Gasteiger partial charge in [-0.1, -0.05) is 19.3 Å². The van der Waals surface area contributed by atoms with Gasteiger partial charge in [0.15, 0.2) is 0 Å². The van der Waals surface area contributed by atoms with E-state index in [1.165, 1.54) is 38.6 Å². The zero-order chi connectivity index (χ0) is 19.1. The van der Waals surface area contributed by atoms with Crippen LogP contribution >= 0.6 is 0 Å². The molecule has 148 valence electrons. The second-order valence-electron chi connectivity index (χ2n) is 7.71. The number of likely N-dealkylation sites (tertiary alicyclic amines) is 1. The standard InChI is InChI=1S/C21H32N4O2/c1-2-22-20(26)17-8-10-18(11-9-17)24-21(27)23-14-16-12-13-25(15-16)19-6-4-3-5-7-19/h8-11,16,19H,2-7,12-15H2,1H3,(H,22,26)(H2,23,24,27)/t16-/m1/s1. The Bertz CT molecular complexity index is 626. The summed E-state index contributed by atoms with van der Waals surface area (Å²) < 4.78 is 0. The molecule has 0 radical (unpaired) electrons. The lowest BCUT2D eigenvalue weighted by molar-refractivity contribution is 0.0956. The van der Waals surface area contributed by atoms with E-state index in [1.807, 2.05) is 6.92 Å². The fraction of sp³-hybridized carbons (Fsp3) is 0.619. The summed E-state index contributed by atoms with van der Waals surface area (Å²) in [6, 6.07) is 7.53. The average Bonchev–Trinajstić information content (AvgIpc) is 3.17. The summed E-state index contributed by atoms with van der Waals surface area (Å²) in [5.74, 6) is 0.440. The number of anilines is 1. The summed E-state index contributed by atoms with van der Waals surface area (Å²) in [5, 5.41) is 8.60. The second-order valence-corrected chi connectivity index (χ2v) is 7.71. The Morgan fingerprint density at radius 1 is 1.04 bits per heavy atom. The number of carbonyl (C=O) groups is 2. The third kappa shape index (κ3) is 5.70. The summed E-state index contributed by atoms with van der Waals surface area (Å²) >= 11 is 0. The molecule has 2 fully saturated rings. The Hall–Kier alpha value is -2.08. The zero-order valence-electron chi connectivity index (χ0n) is 16.3. The molecule has 1 aliphatic carbocycles. The van der Waals surface area contributed by atoms with E-state index in [2.05, 4.69) is 20.9 Å². The zero-order valence-corrected chi connectivity index (χ0v) is 16.3. The van der Waals surface area contributed by atoms with E-state index < -0.39 is 0 Å². The minimum Gasteiger partial charge on any atom is -0.352 e. The molecule has 3 N–H and O–H groups in total. The molecule has 3 amide bonds. The first-order chi connectivity index (χ1) is 13.2. The van der Waals surface area contributed by atoms with Gasteiger partial charge in [-0.15, -0.1) is 0 Å². The fourth-order valence-electron chi connectivity index (χ4n) is 4.19. The van der Waals surface area contributed by atoms with Gasteiger partial charge in [-0.25, -0.2) is 4.79 Å². The van der Waals surface area contributed by atoms with Gasteiger partial charge in [0.1, 0.15) is 0 Å². The highest BCUT2D eigenvalue weighted by Crippen LogP contribution is 2.27. The highest BCUT2D eigenvalue weighted by Gasteiger charge is 2.29. The maximum Gasteiger partial charge on any atom is 0.319 e. The molecule has 1 aromatic carbocycles.